The van der Waals surface area contributed by atoms with Crippen molar-refractivity contribution >= 4 is 29.0 Å². The molecule has 2 aromatic carbocycles. The van der Waals surface area contributed by atoms with Crippen molar-refractivity contribution < 1.29 is 19.0 Å². The van der Waals surface area contributed by atoms with Gasteiger partial charge in [-0.1, -0.05) is 0 Å². The minimum Gasteiger partial charge on any atom is -0.493 e. The van der Waals surface area contributed by atoms with Gasteiger partial charge in [-0.3, -0.25) is 14.2 Å². The molecule has 1 unspecified atom stereocenters. The molecule has 4 rings (SSSR count). The minimum absolute atomic E-state index is 0.0592. The smallest absolute Gasteiger partial charge is 0.266 e. The number of H-pyrrole nitrogens is 1. The number of aromatic amines is 1. The number of rotatable bonds is 6. The van der Waals surface area contributed by atoms with E-state index in [-0.39, 0.29) is 22.3 Å². The molecule has 1 atom stereocenters. The lowest BCUT2D eigenvalue weighted by Crippen LogP contribution is -2.31. The average molecular weight is 442 g/mol. The average Bonchev–Trinajstić information content (AvgIpc) is 3.30. The number of methoxy groups -OCH3 is 2. The molecule has 9 heteroatoms. The van der Waals surface area contributed by atoms with Crippen LogP contribution in [0.4, 0.5) is 0 Å². The molecule has 0 spiro atoms. The number of fused-ring (bicyclic) bond motifs is 1. The lowest BCUT2D eigenvalue weighted by Gasteiger charge is -2.13. The Bertz CT molecular complexity index is 1240. The van der Waals surface area contributed by atoms with Gasteiger partial charge in [-0.2, -0.15) is 0 Å². The fourth-order valence-corrected chi connectivity index (χ4v) is 3.97. The van der Waals surface area contributed by atoms with E-state index in [1.807, 2.05) is 0 Å². The lowest BCUT2D eigenvalue weighted by molar-refractivity contribution is 0.0858. The zero-order valence-corrected chi connectivity index (χ0v) is 18.1. The standard InChI is InChI=1S/C22H23N3O5S/c1-28-18-8-6-14(11-19(18)29-2)25-21(27)16-7-5-13(10-17(16)24-22(25)31)20(26)23-12-15-4-3-9-30-15/h5-8,10-11,15H,3-4,9,12H2,1-2H3,(H,23,26)(H,24,31). The summed E-state index contributed by atoms with van der Waals surface area (Å²) >= 11 is 5.44. The Morgan fingerprint density at radius 2 is 2.03 bits per heavy atom. The van der Waals surface area contributed by atoms with E-state index in [9.17, 15) is 9.59 Å². The van der Waals surface area contributed by atoms with Gasteiger partial charge in [0.2, 0.25) is 0 Å². The van der Waals surface area contributed by atoms with Crippen LogP contribution in [0, 0.1) is 4.77 Å². The molecule has 0 radical (unpaired) electrons. The number of hydrogen-bond donors (Lipinski definition) is 2. The molecular weight excluding hydrogens is 418 g/mol. The van der Waals surface area contributed by atoms with Crippen molar-refractivity contribution in [3.63, 3.8) is 0 Å². The third-order valence-electron chi connectivity index (χ3n) is 5.30. The van der Waals surface area contributed by atoms with Gasteiger partial charge in [-0.25, -0.2) is 0 Å². The first-order valence-electron chi connectivity index (χ1n) is 9.93. The number of carbonyl (C=O) groups is 1. The maximum Gasteiger partial charge on any atom is 0.266 e. The Morgan fingerprint density at radius 1 is 1.23 bits per heavy atom. The van der Waals surface area contributed by atoms with Crippen LogP contribution < -0.4 is 20.3 Å². The molecule has 0 aliphatic carbocycles. The minimum atomic E-state index is -0.294. The monoisotopic (exact) mass is 441 g/mol. The van der Waals surface area contributed by atoms with Gasteiger partial charge < -0.3 is 24.5 Å². The molecule has 31 heavy (non-hydrogen) atoms. The second-order valence-electron chi connectivity index (χ2n) is 7.22. The first-order chi connectivity index (χ1) is 15.0. The maximum absolute atomic E-state index is 13.2. The van der Waals surface area contributed by atoms with Crippen molar-refractivity contribution in [2.24, 2.45) is 0 Å². The van der Waals surface area contributed by atoms with E-state index in [2.05, 4.69) is 10.3 Å². The number of amides is 1. The highest BCUT2D eigenvalue weighted by atomic mass is 32.1. The summed E-state index contributed by atoms with van der Waals surface area (Å²) in [6, 6.07) is 10.0. The Hall–Kier alpha value is -3.17. The van der Waals surface area contributed by atoms with E-state index in [4.69, 9.17) is 26.4 Å². The summed E-state index contributed by atoms with van der Waals surface area (Å²) in [7, 11) is 3.07. The highest BCUT2D eigenvalue weighted by Crippen LogP contribution is 2.29. The molecular formula is C22H23N3O5S. The summed E-state index contributed by atoms with van der Waals surface area (Å²) in [6.07, 6.45) is 2.02. The summed E-state index contributed by atoms with van der Waals surface area (Å²) in [4.78, 5) is 28.7. The zero-order chi connectivity index (χ0) is 22.0. The van der Waals surface area contributed by atoms with Crippen LogP contribution in [0.2, 0.25) is 0 Å². The number of ether oxygens (including phenoxy) is 3. The van der Waals surface area contributed by atoms with Gasteiger partial charge in [-0.05, 0) is 55.4 Å². The van der Waals surface area contributed by atoms with Gasteiger partial charge in [0.25, 0.3) is 11.5 Å². The Morgan fingerprint density at radius 3 is 2.74 bits per heavy atom. The van der Waals surface area contributed by atoms with Crippen LogP contribution in [0.25, 0.3) is 16.6 Å². The molecule has 1 aliphatic rings. The normalized spacial score (nSPS) is 15.7. The van der Waals surface area contributed by atoms with Crippen LogP contribution in [0.5, 0.6) is 11.5 Å². The van der Waals surface area contributed by atoms with Gasteiger partial charge in [0.05, 0.1) is 36.9 Å². The van der Waals surface area contributed by atoms with Crippen molar-refractivity contribution in [1.29, 1.82) is 0 Å². The fourth-order valence-electron chi connectivity index (χ4n) is 3.67. The van der Waals surface area contributed by atoms with E-state index >= 15 is 0 Å². The van der Waals surface area contributed by atoms with Crippen LogP contribution in [0.15, 0.2) is 41.2 Å². The SMILES string of the molecule is COc1ccc(-n2c(=S)[nH]c3cc(C(=O)NCC4CCCO4)ccc3c2=O)cc1OC. The highest BCUT2D eigenvalue weighted by Gasteiger charge is 2.17. The van der Waals surface area contributed by atoms with Crippen molar-refractivity contribution in [2.45, 2.75) is 18.9 Å². The number of benzene rings is 2. The fraction of sp³-hybridized carbons (Fsp3) is 0.318. The quantitative estimate of drug-likeness (QED) is 0.571. The van der Waals surface area contributed by atoms with Gasteiger partial charge in [0, 0.05) is 24.8 Å². The van der Waals surface area contributed by atoms with Crippen molar-refractivity contribution in [3.8, 4) is 17.2 Å². The van der Waals surface area contributed by atoms with Crippen LogP contribution >= 0.6 is 12.2 Å². The van der Waals surface area contributed by atoms with E-state index < -0.39 is 0 Å². The summed E-state index contributed by atoms with van der Waals surface area (Å²) in [5.74, 6) is 0.814. The summed E-state index contributed by atoms with van der Waals surface area (Å²) in [5, 5.41) is 3.30. The van der Waals surface area contributed by atoms with Gasteiger partial charge in [-0.15, -0.1) is 0 Å². The molecule has 0 bridgehead atoms. The number of nitrogens with one attached hydrogen (secondary N) is 2. The van der Waals surface area contributed by atoms with Gasteiger partial charge in [0.1, 0.15) is 0 Å². The number of carbonyl (C=O) groups excluding carboxylic acids is 1. The van der Waals surface area contributed by atoms with Gasteiger partial charge in [0.15, 0.2) is 16.3 Å². The molecule has 162 valence electrons. The summed E-state index contributed by atoms with van der Waals surface area (Å²) < 4.78 is 17.7. The molecule has 8 nitrogen and oxygen atoms in total. The molecule has 2 heterocycles. The van der Waals surface area contributed by atoms with Crippen LogP contribution in [-0.2, 0) is 4.74 Å². The number of nitrogens with zero attached hydrogens (tertiary/aromatic N) is 1. The lowest BCUT2D eigenvalue weighted by atomic mass is 10.1. The largest absolute Gasteiger partial charge is 0.493 e. The summed E-state index contributed by atoms with van der Waals surface area (Å²) in [5.41, 5.74) is 1.19. The van der Waals surface area contributed by atoms with Crippen LogP contribution in [-0.4, -0.2) is 48.9 Å². The van der Waals surface area contributed by atoms with E-state index in [0.717, 1.165) is 19.4 Å². The second kappa shape index (κ2) is 8.91. The number of hydrogen-bond acceptors (Lipinski definition) is 6. The second-order valence-corrected chi connectivity index (χ2v) is 7.60. The Labute approximate surface area is 183 Å². The van der Waals surface area contributed by atoms with E-state index in [0.29, 0.717) is 40.2 Å². The molecule has 3 aromatic rings. The molecule has 2 N–H and O–H groups in total. The molecule has 1 saturated heterocycles. The predicted octanol–water partition coefficient (Wildman–Crippen LogP) is 2.97. The van der Waals surface area contributed by atoms with Crippen molar-refractivity contribution in [3.05, 3.63) is 57.1 Å². The van der Waals surface area contributed by atoms with Crippen LogP contribution in [0.1, 0.15) is 23.2 Å². The van der Waals surface area contributed by atoms with Gasteiger partial charge >= 0.3 is 0 Å². The predicted molar refractivity (Wildman–Crippen MR) is 119 cm³/mol. The topological polar surface area (TPSA) is 94.6 Å². The van der Waals surface area contributed by atoms with Crippen LogP contribution in [0.3, 0.4) is 0 Å². The molecule has 1 amide bonds. The third kappa shape index (κ3) is 4.19. The third-order valence-corrected chi connectivity index (χ3v) is 5.58. The Kier molecular flexibility index (Phi) is 6.06. The molecule has 0 saturated carbocycles. The van der Waals surface area contributed by atoms with E-state index in [1.165, 1.54) is 11.7 Å². The molecule has 1 fully saturated rings. The van der Waals surface area contributed by atoms with Crippen molar-refractivity contribution in [2.75, 3.05) is 27.4 Å². The molecule has 1 aliphatic heterocycles. The van der Waals surface area contributed by atoms with Crippen molar-refractivity contribution in [1.82, 2.24) is 14.9 Å². The maximum atomic E-state index is 13.2. The first-order valence-corrected chi connectivity index (χ1v) is 10.3. The van der Waals surface area contributed by atoms with E-state index in [1.54, 1.807) is 43.5 Å². The first kappa shape index (κ1) is 21.1. The highest BCUT2D eigenvalue weighted by molar-refractivity contribution is 7.71. The zero-order valence-electron chi connectivity index (χ0n) is 17.3. The Balaban J connectivity index is 1.68. The summed E-state index contributed by atoms with van der Waals surface area (Å²) in [6.45, 7) is 1.20. The molecule has 1 aromatic heterocycles. The number of aromatic nitrogens is 2.